The van der Waals surface area contributed by atoms with E-state index in [1.165, 1.54) is 12.1 Å². The summed E-state index contributed by atoms with van der Waals surface area (Å²) in [5.74, 6) is -0.671. The van der Waals surface area contributed by atoms with Crippen LogP contribution in [0.3, 0.4) is 0 Å². The minimum atomic E-state index is -0.524. The van der Waals surface area contributed by atoms with Gasteiger partial charge in [-0.15, -0.1) is 0 Å². The average Bonchev–Trinajstić information content (AvgIpc) is 2.31. The molecule has 18 heavy (non-hydrogen) atoms. The molecule has 0 aliphatic rings. The molecule has 102 valence electrons. The van der Waals surface area contributed by atoms with Gasteiger partial charge in [-0.25, -0.2) is 8.78 Å². The van der Waals surface area contributed by atoms with Gasteiger partial charge in [0, 0.05) is 25.8 Å². The summed E-state index contributed by atoms with van der Waals surface area (Å²) in [5.41, 5.74) is 0.677. The van der Waals surface area contributed by atoms with Gasteiger partial charge in [-0.1, -0.05) is 6.92 Å². The molecule has 4 heteroatoms. The van der Waals surface area contributed by atoms with Crippen molar-refractivity contribution in [3.05, 3.63) is 35.4 Å². The molecular weight excluding hydrogens is 236 g/mol. The van der Waals surface area contributed by atoms with E-state index in [1.807, 2.05) is 7.05 Å². The zero-order valence-corrected chi connectivity index (χ0v) is 11.2. The quantitative estimate of drug-likeness (QED) is 0.811. The van der Waals surface area contributed by atoms with E-state index in [1.54, 1.807) is 7.11 Å². The first-order valence-electron chi connectivity index (χ1n) is 6.18. The van der Waals surface area contributed by atoms with Crippen LogP contribution in [0.4, 0.5) is 8.78 Å². The van der Waals surface area contributed by atoms with Gasteiger partial charge in [0.25, 0.3) is 0 Å². The number of nitrogens with one attached hydrogen (secondary N) is 1. The Morgan fingerprint density at radius 2 is 1.83 bits per heavy atom. The Hall–Kier alpha value is -1.00. The van der Waals surface area contributed by atoms with E-state index in [4.69, 9.17) is 4.74 Å². The molecule has 2 nitrogen and oxygen atoms in total. The Bertz CT molecular complexity index is 351. The molecule has 0 aliphatic carbocycles. The van der Waals surface area contributed by atoms with Crippen LogP contribution < -0.4 is 5.32 Å². The Labute approximate surface area is 107 Å². The fraction of sp³-hybridized carbons (Fsp3) is 0.571. The predicted molar refractivity (Wildman–Crippen MR) is 68.6 cm³/mol. The molecule has 0 spiro atoms. The van der Waals surface area contributed by atoms with Gasteiger partial charge in [-0.2, -0.15) is 0 Å². The van der Waals surface area contributed by atoms with E-state index in [0.717, 1.165) is 12.5 Å². The number of rotatable bonds is 7. The summed E-state index contributed by atoms with van der Waals surface area (Å²) in [6.45, 7) is 2.80. The van der Waals surface area contributed by atoms with Crippen molar-refractivity contribution in [3.63, 3.8) is 0 Å². The number of methoxy groups -OCH3 is 1. The molecule has 0 fully saturated rings. The molecule has 2 atom stereocenters. The summed E-state index contributed by atoms with van der Waals surface area (Å²) in [6, 6.07) is 3.85. The fourth-order valence-corrected chi connectivity index (χ4v) is 2.08. The van der Waals surface area contributed by atoms with Crippen LogP contribution in [0.25, 0.3) is 0 Å². The maximum absolute atomic E-state index is 13.1. The lowest BCUT2D eigenvalue weighted by molar-refractivity contribution is 0.171. The van der Waals surface area contributed by atoms with Gasteiger partial charge in [-0.05, 0) is 43.5 Å². The van der Waals surface area contributed by atoms with Crippen LogP contribution in [-0.2, 0) is 11.2 Å². The lowest BCUT2D eigenvalue weighted by Gasteiger charge is -2.23. The van der Waals surface area contributed by atoms with Crippen LogP contribution >= 0.6 is 0 Å². The van der Waals surface area contributed by atoms with Crippen LogP contribution in [0, 0.1) is 17.6 Å². The van der Waals surface area contributed by atoms with Crippen molar-refractivity contribution in [2.24, 2.45) is 5.92 Å². The van der Waals surface area contributed by atoms with Gasteiger partial charge in [0.15, 0.2) is 0 Å². The van der Waals surface area contributed by atoms with E-state index in [-0.39, 0.29) is 6.04 Å². The molecule has 0 saturated carbocycles. The second kappa shape index (κ2) is 7.44. The van der Waals surface area contributed by atoms with E-state index in [9.17, 15) is 8.78 Å². The molecule has 0 aromatic heterocycles. The second-order valence-corrected chi connectivity index (χ2v) is 4.64. The highest BCUT2D eigenvalue weighted by Crippen LogP contribution is 2.16. The largest absolute Gasteiger partial charge is 0.385 e. The Balaban J connectivity index is 2.66. The third kappa shape index (κ3) is 4.70. The SMILES string of the molecule is CNC(Cc1cc(F)cc(F)c1)C(C)CCOC. The smallest absolute Gasteiger partial charge is 0.126 e. The maximum atomic E-state index is 13.1. The maximum Gasteiger partial charge on any atom is 0.126 e. The predicted octanol–water partition coefficient (Wildman–Crippen LogP) is 2.77. The average molecular weight is 257 g/mol. The number of benzene rings is 1. The number of likely N-dealkylation sites (N-methyl/N-ethyl adjacent to an activating group) is 1. The Morgan fingerprint density at radius 3 is 2.33 bits per heavy atom. The van der Waals surface area contributed by atoms with Crippen molar-refractivity contribution in [3.8, 4) is 0 Å². The van der Waals surface area contributed by atoms with Crippen molar-refractivity contribution in [2.45, 2.75) is 25.8 Å². The van der Waals surface area contributed by atoms with Crippen LogP contribution in [0.5, 0.6) is 0 Å². The summed E-state index contributed by atoms with van der Waals surface area (Å²) in [5, 5.41) is 3.20. The van der Waals surface area contributed by atoms with Gasteiger partial charge in [-0.3, -0.25) is 0 Å². The van der Waals surface area contributed by atoms with Crippen LogP contribution in [0.15, 0.2) is 18.2 Å². The topological polar surface area (TPSA) is 21.3 Å². The van der Waals surface area contributed by atoms with E-state index < -0.39 is 11.6 Å². The minimum absolute atomic E-state index is 0.182. The van der Waals surface area contributed by atoms with Gasteiger partial charge >= 0.3 is 0 Å². The Kier molecular flexibility index (Phi) is 6.22. The van der Waals surface area contributed by atoms with Crippen molar-refractivity contribution in [1.82, 2.24) is 5.32 Å². The first-order chi connectivity index (χ1) is 8.56. The lowest BCUT2D eigenvalue weighted by atomic mass is 9.92. The van der Waals surface area contributed by atoms with E-state index in [0.29, 0.717) is 24.5 Å². The highest BCUT2D eigenvalue weighted by Gasteiger charge is 2.16. The van der Waals surface area contributed by atoms with Crippen molar-refractivity contribution in [1.29, 1.82) is 0 Å². The molecule has 1 aromatic carbocycles. The molecule has 0 saturated heterocycles. The van der Waals surface area contributed by atoms with Gasteiger partial charge in [0.05, 0.1) is 0 Å². The van der Waals surface area contributed by atoms with Gasteiger partial charge in [0.2, 0.25) is 0 Å². The first-order valence-corrected chi connectivity index (χ1v) is 6.18. The normalized spacial score (nSPS) is 14.5. The summed E-state index contributed by atoms with van der Waals surface area (Å²) in [4.78, 5) is 0. The summed E-state index contributed by atoms with van der Waals surface area (Å²) < 4.78 is 31.3. The standard InChI is InChI=1S/C14H21F2NO/c1-10(4-5-18-3)14(17-2)8-11-6-12(15)9-13(16)7-11/h6-7,9-10,14,17H,4-5,8H2,1-3H3. The monoisotopic (exact) mass is 257 g/mol. The molecule has 0 radical (unpaired) electrons. The third-order valence-electron chi connectivity index (χ3n) is 3.21. The molecule has 1 aromatic rings. The summed E-state index contributed by atoms with van der Waals surface area (Å²) in [7, 11) is 3.53. The van der Waals surface area contributed by atoms with Gasteiger partial charge in [0.1, 0.15) is 11.6 Å². The molecule has 0 aliphatic heterocycles. The number of halogens is 2. The molecule has 1 rings (SSSR count). The van der Waals surface area contributed by atoms with E-state index in [2.05, 4.69) is 12.2 Å². The third-order valence-corrected chi connectivity index (χ3v) is 3.21. The van der Waals surface area contributed by atoms with Crippen LogP contribution in [-0.4, -0.2) is 26.8 Å². The lowest BCUT2D eigenvalue weighted by Crippen LogP contribution is -2.34. The number of ether oxygens (including phenoxy) is 1. The Morgan fingerprint density at radius 1 is 1.22 bits per heavy atom. The fourth-order valence-electron chi connectivity index (χ4n) is 2.08. The van der Waals surface area contributed by atoms with Crippen molar-refractivity contribution >= 4 is 0 Å². The van der Waals surface area contributed by atoms with Crippen molar-refractivity contribution in [2.75, 3.05) is 20.8 Å². The first kappa shape index (κ1) is 15.1. The van der Waals surface area contributed by atoms with Crippen molar-refractivity contribution < 1.29 is 13.5 Å². The summed E-state index contributed by atoms with van der Waals surface area (Å²) >= 11 is 0. The zero-order chi connectivity index (χ0) is 13.5. The van der Waals surface area contributed by atoms with Crippen LogP contribution in [0.1, 0.15) is 18.9 Å². The molecule has 1 N–H and O–H groups in total. The molecular formula is C14H21F2NO. The van der Waals surface area contributed by atoms with Crippen LogP contribution in [0.2, 0.25) is 0 Å². The van der Waals surface area contributed by atoms with Gasteiger partial charge < -0.3 is 10.1 Å². The molecule has 0 amide bonds. The molecule has 0 bridgehead atoms. The number of hydrogen-bond donors (Lipinski definition) is 1. The zero-order valence-electron chi connectivity index (χ0n) is 11.2. The van der Waals surface area contributed by atoms with E-state index >= 15 is 0 Å². The molecule has 2 unspecified atom stereocenters. The second-order valence-electron chi connectivity index (χ2n) is 4.64. The summed E-state index contributed by atoms with van der Waals surface area (Å²) in [6.07, 6.45) is 1.52. The minimum Gasteiger partial charge on any atom is -0.385 e. The molecule has 0 heterocycles. The number of hydrogen-bond acceptors (Lipinski definition) is 2. The highest BCUT2D eigenvalue weighted by atomic mass is 19.1. The highest BCUT2D eigenvalue weighted by molar-refractivity contribution is 5.19.